The number of carbonyl (C=O) groups excluding carboxylic acids is 5. The van der Waals surface area contributed by atoms with Crippen molar-refractivity contribution in [1.29, 1.82) is 0 Å². The van der Waals surface area contributed by atoms with Gasteiger partial charge in [0.2, 0.25) is 17.6 Å². The fourth-order valence-corrected chi connectivity index (χ4v) is 3.53. The average molecular weight is 464 g/mol. The highest BCUT2D eigenvalue weighted by Gasteiger charge is 2.33. The normalized spacial score (nSPS) is 15.1. The van der Waals surface area contributed by atoms with Gasteiger partial charge in [-0.05, 0) is 31.0 Å². The van der Waals surface area contributed by atoms with E-state index in [1.165, 1.54) is 24.2 Å². The van der Waals surface area contributed by atoms with E-state index in [1.807, 2.05) is 0 Å². The second-order valence-electron chi connectivity index (χ2n) is 7.66. The molecule has 0 saturated carbocycles. The van der Waals surface area contributed by atoms with Crippen LogP contribution in [0.1, 0.15) is 55.2 Å². The SMILES string of the molecule is Cc1cccccnoc1C(=O)NCc1cccc(C(=O)N(C)C2CCC(=O)NC2=O)c1C=O. The summed E-state index contributed by atoms with van der Waals surface area (Å²) in [5.41, 5.74) is 1.14. The van der Waals surface area contributed by atoms with Gasteiger partial charge >= 0.3 is 0 Å². The summed E-state index contributed by atoms with van der Waals surface area (Å²) in [4.78, 5) is 62.5. The van der Waals surface area contributed by atoms with Gasteiger partial charge in [-0.25, -0.2) is 0 Å². The van der Waals surface area contributed by atoms with Crippen molar-refractivity contribution in [2.75, 3.05) is 7.05 Å². The number of nitrogens with one attached hydrogen (secondary N) is 2. The Labute approximate surface area is 195 Å². The van der Waals surface area contributed by atoms with Gasteiger partial charge in [0.15, 0.2) is 6.29 Å². The molecule has 1 aromatic heterocycles. The van der Waals surface area contributed by atoms with E-state index in [1.54, 1.807) is 43.3 Å². The number of amides is 4. The van der Waals surface area contributed by atoms with E-state index in [0.29, 0.717) is 17.4 Å². The molecule has 1 saturated heterocycles. The molecule has 0 radical (unpaired) electrons. The molecule has 0 bridgehead atoms. The molecule has 2 N–H and O–H groups in total. The van der Waals surface area contributed by atoms with E-state index in [0.717, 1.165) is 0 Å². The van der Waals surface area contributed by atoms with E-state index in [2.05, 4.69) is 15.8 Å². The van der Waals surface area contributed by atoms with Gasteiger partial charge in [-0.3, -0.25) is 29.3 Å². The van der Waals surface area contributed by atoms with Gasteiger partial charge in [0.1, 0.15) is 6.04 Å². The smallest absolute Gasteiger partial charge is 0.290 e. The first-order valence-electron chi connectivity index (χ1n) is 10.5. The Balaban J connectivity index is 1.82. The topological polar surface area (TPSA) is 139 Å². The highest BCUT2D eigenvalue weighted by atomic mass is 16.5. The number of aromatic nitrogens is 1. The molecule has 1 atom stereocenters. The van der Waals surface area contributed by atoms with Crippen LogP contribution in [-0.2, 0) is 16.1 Å². The summed E-state index contributed by atoms with van der Waals surface area (Å²) < 4.78 is 5.20. The van der Waals surface area contributed by atoms with Crippen LogP contribution < -0.4 is 10.6 Å². The lowest BCUT2D eigenvalue weighted by atomic mass is 9.99. The maximum atomic E-state index is 13.1. The molecule has 10 heteroatoms. The van der Waals surface area contributed by atoms with E-state index < -0.39 is 23.8 Å². The van der Waals surface area contributed by atoms with Crippen molar-refractivity contribution in [3.63, 3.8) is 0 Å². The minimum atomic E-state index is -0.827. The number of nitrogens with zero attached hydrogens (tertiary/aromatic N) is 2. The van der Waals surface area contributed by atoms with Gasteiger partial charge in [0.05, 0.1) is 11.8 Å². The zero-order valence-electron chi connectivity index (χ0n) is 18.7. The van der Waals surface area contributed by atoms with Crippen LogP contribution in [0.5, 0.6) is 0 Å². The van der Waals surface area contributed by atoms with Gasteiger partial charge in [0, 0.05) is 31.1 Å². The fraction of sp³-hybridized carbons (Fsp3) is 0.250. The number of rotatable bonds is 6. The summed E-state index contributed by atoms with van der Waals surface area (Å²) in [5.74, 6) is -2.05. The third-order valence-corrected chi connectivity index (χ3v) is 5.41. The van der Waals surface area contributed by atoms with E-state index in [4.69, 9.17) is 4.52 Å². The lowest BCUT2D eigenvalue weighted by Gasteiger charge is -2.30. The van der Waals surface area contributed by atoms with Crippen LogP contribution in [-0.4, -0.2) is 53.1 Å². The summed E-state index contributed by atoms with van der Waals surface area (Å²) in [5, 5.41) is 8.60. The van der Waals surface area contributed by atoms with Crippen LogP contribution in [0.3, 0.4) is 0 Å². The van der Waals surface area contributed by atoms with E-state index in [-0.39, 0.29) is 42.2 Å². The first-order valence-corrected chi connectivity index (χ1v) is 10.5. The average Bonchev–Trinajstić information content (AvgIpc) is 2.93. The van der Waals surface area contributed by atoms with Gasteiger partial charge in [-0.1, -0.05) is 35.5 Å². The fourth-order valence-electron chi connectivity index (χ4n) is 3.53. The summed E-state index contributed by atoms with van der Waals surface area (Å²) in [6.07, 6.45) is 2.24. The standard InChI is InChI=1S/C24H24N4O6/c1-15-7-4-3-5-12-26-34-21(15)23(32)25-13-16-8-6-9-17(18(16)14-29)24(33)28(2)19-10-11-20(30)27-22(19)31/h3-9,12,14,19H,10-11,13H2,1-2H3,(H,25,32)(H,27,30,31). The molecule has 34 heavy (non-hydrogen) atoms. The maximum Gasteiger partial charge on any atom is 0.290 e. The minimum Gasteiger partial charge on any atom is -0.351 e. The molecule has 176 valence electrons. The molecule has 3 rings (SSSR count). The minimum absolute atomic E-state index is 0.00586. The van der Waals surface area contributed by atoms with Crippen molar-refractivity contribution in [2.24, 2.45) is 0 Å². The number of likely N-dealkylation sites (N-methyl/N-ethyl adjacent to an activating group) is 1. The zero-order valence-corrected chi connectivity index (χ0v) is 18.7. The van der Waals surface area contributed by atoms with Crippen molar-refractivity contribution in [1.82, 2.24) is 20.7 Å². The maximum absolute atomic E-state index is 13.1. The number of aryl methyl sites for hydroxylation is 1. The molecule has 1 unspecified atom stereocenters. The van der Waals surface area contributed by atoms with Gasteiger partial charge in [-0.15, -0.1) is 0 Å². The number of aldehydes is 1. The molecule has 4 amide bonds. The number of imide groups is 1. The molecule has 2 heterocycles. The zero-order chi connectivity index (χ0) is 24.7. The lowest BCUT2D eigenvalue weighted by Crippen LogP contribution is -2.53. The van der Waals surface area contributed by atoms with Gasteiger partial charge in [-0.2, -0.15) is 0 Å². The van der Waals surface area contributed by atoms with Crippen LogP contribution >= 0.6 is 0 Å². The first-order chi connectivity index (χ1) is 16.3. The molecule has 0 spiro atoms. The van der Waals surface area contributed by atoms with Gasteiger partial charge < -0.3 is 14.7 Å². The molecule has 0 aliphatic carbocycles. The van der Waals surface area contributed by atoms with Crippen molar-refractivity contribution >= 4 is 29.9 Å². The second-order valence-corrected chi connectivity index (χ2v) is 7.66. The highest BCUT2D eigenvalue weighted by molar-refractivity contribution is 6.06. The molecule has 1 aliphatic heterocycles. The Morgan fingerprint density at radius 3 is 2.74 bits per heavy atom. The van der Waals surface area contributed by atoms with Crippen LogP contribution in [0.25, 0.3) is 0 Å². The molecule has 10 nitrogen and oxygen atoms in total. The van der Waals surface area contributed by atoms with Crippen molar-refractivity contribution < 1.29 is 28.5 Å². The van der Waals surface area contributed by atoms with Crippen LogP contribution in [0.4, 0.5) is 0 Å². The Morgan fingerprint density at radius 1 is 1.21 bits per heavy atom. The predicted molar refractivity (Wildman–Crippen MR) is 120 cm³/mol. The molecule has 2 aromatic rings. The third-order valence-electron chi connectivity index (χ3n) is 5.41. The Bertz CT molecular complexity index is 1190. The Kier molecular flexibility index (Phi) is 7.86. The first kappa shape index (κ1) is 24.3. The largest absolute Gasteiger partial charge is 0.351 e. The Morgan fingerprint density at radius 2 is 2.00 bits per heavy atom. The summed E-state index contributed by atoms with van der Waals surface area (Å²) in [6, 6.07) is 10.7. The lowest BCUT2D eigenvalue weighted by molar-refractivity contribution is -0.136. The number of carbonyl (C=O) groups is 5. The monoisotopic (exact) mass is 464 g/mol. The summed E-state index contributed by atoms with van der Waals surface area (Å²) >= 11 is 0. The van der Waals surface area contributed by atoms with Crippen molar-refractivity contribution in [2.45, 2.75) is 32.4 Å². The van der Waals surface area contributed by atoms with E-state index in [9.17, 15) is 24.0 Å². The number of piperidine rings is 1. The highest BCUT2D eigenvalue weighted by Crippen LogP contribution is 2.19. The molecule has 1 aromatic carbocycles. The van der Waals surface area contributed by atoms with Crippen LogP contribution in [0.2, 0.25) is 0 Å². The Hall–Kier alpha value is -4.34. The summed E-state index contributed by atoms with van der Waals surface area (Å²) in [6.45, 7) is 1.64. The number of hydrogen-bond donors (Lipinski definition) is 2. The molecular formula is C24H24N4O6. The predicted octanol–water partition coefficient (Wildman–Crippen LogP) is 1.73. The van der Waals surface area contributed by atoms with Crippen LogP contribution in [0, 0.1) is 6.92 Å². The van der Waals surface area contributed by atoms with E-state index >= 15 is 0 Å². The van der Waals surface area contributed by atoms with Crippen LogP contribution in [0.15, 0.2) is 53.2 Å². The molecule has 1 aliphatic rings. The molecular weight excluding hydrogens is 440 g/mol. The second kappa shape index (κ2) is 11.0. The number of hydrogen-bond acceptors (Lipinski definition) is 7. The van der Waals surface area contributed by atoms with Crippen molar-refractivity contribution in [3.8, 4) is 0 Å². The number of benzene rings is 1. The quantitative estimate of drug-likeness (QED) is 0.490. The third kappa shape index (κ3) is 5.52. The van der Waals surface area contributed by atoms with Crippen molar-refractivity contribution in [3.05, 3.63) is 76.7 Å². The molecule has 1 fully saturated rings. The summed E-state index contributed by atoms with van der Waals surface area (Å²) in [7, 11) is 1.44. The van der Waals surface area contributed by atoms with Gasteiger partial charge in [0.25, 0.3) is 11.8 Å².